The van der Waals surface area contributed by atoms with Crippen molar-refractivity contribution >= 4 is 23.2 Å². The van der Waals surface area contributed by atoms with Crippen LogP contribution in [0.2, 0.25) is 5.02 Å². The highest BCUT2D eigenvalue weighted by atomic mass is 35.5. The average molecular weight is 420 g/mol. The van der Waals surface area contributed by atoms with Crippen molar-refractivity contribution in [1.29, 1.82) is 0 Å². The number of carbonyl (C=O) groups is 1. The van der Waals surface area contributed by atoms with E-state index in [2.05, 4.69) is 10.6 Å². The number of hydrogen-bond donors (Lipinski definition) is 2. The molecule has 150 valence electrons. The van der Waals surface area contributed by atoms with Gasteiger partial charge in [-0.1, -0.05) is 72.3 Å². The third-order valence-corrected chi connectivity index (χ3v) is 6.34. The first kappa shape index (κ1) is 18.8. The normalized spacial score (nSPS) is 27.1. The lowest BCUT2D eigenvalue weighted by atomic mass is 9.74. The highest BCUT2D eigenvalue weighted by molar-refractivity contribution is 6.30. The minimum atomic E-state index is -1.28. The number of benzene rings is 3. The van der Waals surface area contributed by atoms with Crippen LogP contribution in [0.3, 0.4) is 0 Å². The second kappa shape index (κ2) is 6.93. The summed E-state index contributed by atoms with van der Waals surface area (Å²) < 4.78 is 0. The summed E-state index contributed by atoms with van der Waals surface area (Å²) in [5.74, 6) is -1.04. The zero-order chi connectivity index (χ0) is 20.9. The maximum absolute atomic E-state index is 13.4. The SMILES string of the molecule is O=C1Nc2ccccc2[C@]12NC(c1ccccc1)C([N+](=O)[O-])C2c1cccc(Cl)c1. The van der Waals surface area contributed by atoms with Gasteiger partial charge in [0.05, 0.1) is 5.92 Å². The number of fused-ring (bicyclic) bond motifs is 2. The Morgan fingerprint density at radius 2 is 1.63 bits per heavy atom. The molecule has 3 aromatic rings. The predicted octanol–water partition coefficient (Wildman–Crippen LogP) is 4.26. The van der Waals surface area contributed by atoms with E-state index in [0.717, 1.165) is 5.56 Å². The van der Waals surface area contributed by atoms with Crippen molar-refractivity contribution in [3.8, 4) is 0 Å². The fourth-order valence-electron chi connectivity index (χ4n) is 4.93. The minimum Gasteiger partial charge on any atom is -0.324 e. The summed E-state index contributed by atoms with van der Waals surface area (Å²) in [6, 6.07) is 21.9. The van der Waals surface area contributed by atoms with Gasteiger partial charge in [-0.3, -0.25) is 20.2 Å². The van der Waals surface area contributed by atoms with E-state index in [1.165, 1.54) is 0 Å². The number of nitrogens with one attached hydrogen (secondary N) is 2. The highest BCUT2D eigenvalue weighted by Crippen LogP contribution is 2.55. The van der Waals surface area contributed by atoms with E-state index in [9.17, 15) is 14.9 Å². The summed E-state index contributed by atoms with van der Waals surface area (Å²) in [5, 5.41) is 19.2. The van der Waals surface area contributed by atoms with Crippen LogP contribution in [0.4, 0.5) is 5.69 Å². The Kier molecular flexibility index (Phi) is 4.34. The number of carbonyl (C=O) groups excluding carboxylic acids is 1. The fourth-order valence-corrected chi connectivity index (χ4v) is 5.13. The summed E-state index contributed by atoms with van der Waals surface area (Å²) in [7, 11) is 0. The molecule has 4 atom stereocenters. The molecule has 0 aliphatic carbocycles. The van der Waals surface area contributed by atoms with Crippen LogP contribution in [0.15, 0.2) is 78.9 Å². The van der Waals surface area contributed by atoms with Crippen molar-refractivity contribution in [2.75, 3.05) is 5.32 Å². The molecule has 3 aromatic carbocycles. The summed E-state index contributed by atoms with van der Waals surface area (Å²) in [5.41, 5.74) is 1.52. The van der Waals surface area contributed by atoms with Gasteiger partial charge in [-0.05, 0) is 29.3 Å². The molecule has 2 N–H and O–H groups in total. The Bertz CT molecular complexity index is 1150. The zero-order valence-electron chi connectivity index (χ0n) is 15.8. The van der Waals surface area contributed by atoms with Gasteiger partial charge in [0.25, 0.3) is 0 Å². The van der Waals surface area contributed by atoms with E-state index < -0.39 is 23.5 Å². The molecule has 5 rings (SSSR count). The lowest BCUT2D eigenvalue weighted by Crippen LogP contribution is -2.48. The van der Waals surface area contributed by atoms with Gasteiger partial charge in [0.1, 0.15) is 11.6 Å². The summed E-state index contributed by atoms with van der Waals surface area (Å²) in [6.07, 6.45) is 0. The van der Waals surface area contributed by atoms with Gasteiger partial charge in [0.2, 0.25) is 11.9 Å². The largest absolute Gasteiger partial charge is 0.324 e. The topological polar surface area (TPSA) is 84.3 Å². The number of anilines is 1. The highest BCUT2D eigenvalue weighted by Gasteiger charge is 2.66. The average Bonchev–Trinajstić information content (AvgIpc) is 3.25. The molecule has 1 saturated heterocycles. The predicted molar refractivity (Wildman–Crippen MR) is 114 cm³/mol. The molecule has 1 fully saturated rings. The van der Waals surface area contributed by atoms with Crippen LogP contribution in [0, 0.1) is 10.1 Å². The van der Waals surface area contributed by atoms with Crippen LogP contribution < -0.4 is 10.6 Å². The lowest BCUT2D eigenvalue weighted by molar-refractivity contribution is -0.527. The molecular weight excluding hydrogens is 402 g/mol. The molecule has 3 unspecified atom stereocenters. The molecule has 0 radical (unpaired) electrons. The molecule has 1 amide bonds. The molecule has 1 spiro atoms. The molecular formula is C23H18ClN3O3. The third-order valence-electron chi connectivity index (χ3n) is 6.10. The number of rotatable bonds is 3. The van der Waals surface area contributed by atoms with Crippen molar-refractivity contribution in [1.82, 2.24) is 5.32 Å². The van der Waals surface area contributed by atoms with Crippen molar-refractivity contribution in [3.63, 3.8) is 0 Å². The Labute approximate surface area is 178 Å². The minimum absolute atomic E-state index is 0.279. The Morgan fingerprint density at radius 1 is 0.933 bits per heavy atom. The number of para-hydroxylation sites is 1. The molecule has 2 aliphatic rings. The number of hydrogen-bond acceptors (Lipinski definition) is 4. The second-order valence-corrected chi connectivity index (χ2v) is 8.09. The molecule has 2 aliphatic heterocycles. The second-order valence-electron chi connectivity index (χ2n) is 7.65. The number of halogens is 1. The molecule has 2 heterocycles. The fraction of sp³-hybridized carbons (Fsp3) is 0.174. The van der Waals surface area contributed by atoms with E-state index in [4.69, 9.17) is 11.6 Å². The third kappa shape index (κ3) is 2.65. The lowest BCUT2D eigenvalue weighted by Gasteiger charge is -2.29. The van der Waals surface area contributed by atoms with Crippen LogP contribution in [0.1, 0.15) is 28.7 Å². The number of nitro groups is 1. The first-order chi connectivity index (χ1) is 14.5. The van der Waals surface area contributed by atoms with E-state index in [0.29, 0.717) is 21.8 Å². The van der Waals surface area contributed by atoms with E-state index >= 15 is 0 Å². The van der Waals surface area contributed by atoms with Gasteiger partial charge in [-0.2, -0.15) is 0 Å². The first-order valence-corrected chi connectivity index (χ1v) is 10.0. The van der Waals surface area contributed by atoms with Gasteiger partial charge in [-0.15, -0.1) is 0 Å². The van der Waals surface area contributed by atoms with Crippen LogP contribution in [0.25, 0.3) is 0 Å². The molecule has 0 bridgehead atoms. The molecule has 0 saturated carbocycles. The van der Waals surface area contributed by atoms with Gasteiger partial charge in [0.15, 0.2) is 0 Å². The molecule has 0 aromatic heterocycles. The quantitative estimate of drug-likeness (QED) is 0.490. The van der Waals surface area contributed by atoms with Crippen LogP contribution in [-0.2, 0) is 10.3 Å². The first-order valence-electron chi connectivity index (χ1n) is 9.65. The van der Waals surface area contributed by atoms with Gasteiger partial charge in [0, 0.05) is 21.2 Å². The van der Waals surface area contributed by atoms with Crippen LogP contribution in [-0.4, -0.2) is 16.9 Å². The monoisotopic (exact) mass is 419 g/mol. The van der Waals surface area contributed by atoms with Crippen molar-refractivity contribution < 1.29 is 9.72 Å². The molecule has 30 heavy (non-hydrogen) atoms. The zero-order valence-corrected chi connectivity index (χ0v) is 16.5. The van der Waals surface area contributed by atoms with E-state index in [1.807, 2.05) is 54.6 Å². The number of amides is 1. The maximum atomic E-state index is 13.4. The maximum Gasteiger partial charge on any atom is 0.250 e. The summed E-state index contributed by atoms with van der Waals surface area (Å²) in [6.45, 7) is 0. The van der Waals surface area contributed by atoms with Gasteiger partial charge >= 0.3 is 0 Å². The standard InChI is InChI=1S/C23H18ClN3O3/c24-16-10-6-9-15(13-16)19-21(27(29)30)20(14-7-2-1-3-8-14)26-23(19)17-11-4-5-12-18(17)25-22(23)28/h1-13,19-21,26H,(H,25,28)/t19?,20?,21?,23-/m1/s1. The van der Waals surface area contributed by atoms with E-state index in [-0.39, 0.29) is 10.8 Å². The van der Waals surface area contributed by atoms with Gasteiger partial charge in [-0.25, -0.2) is 0 Å². The van der Waals surface area contributed by atoms with Crippen molar-refractivity contribution in [2.24, 2.45) is 0 Å². The molecule has 7 heteroatoms. The Balaban J connectivity index is 1.78. The van der Waals surface area contributed by atoms with Crippen molar-refractivity contribution in [3.05, 3.63) is 111 Å². The van der Waals surface area contributed by atoms with E-state index in [1.54, 1.807) is 24.3 Å². The molecule has 6 nitrogen and oxygen atoms in total. The summed E-state index contributed by atoms with van der Waals surface area (Å²) >= 11 is 6.24. The summed E-state index contributed by atoms with van der Waals surface area (Å²) in [4.78, 5) is 25.6. The number of nitrogens with zero attached hydrogens (tertiary/aromatic N) is 1. The smallest absolute Gasteiger partial charge is 0.250 e. The van der Waals surface area contributed by atoms with Crippen LogP contribution in [0.5, 0.6) is 0 Å². The Morgan fingerprint density at radius 3 is 2.37 bits per heavy atom. The Hall–Kier alpha value is -3.22. The van der Waals surface area contributed by atoms with Crippen molar-refractivity contribution in [2.45, 2.75) is 23.5 Å². The van der Waals surface area contributed by atoms with Crippen LogP contribution >= 0.6 is 11.6 Å². The van der Waals surface area contributed by atoms with Gasteiger partial charge < -0.3 is 5.32 Å².